The van der Waals surface area contributed by atoms with Crippen molar-refractivity contribution < 1.29 is 9.66 Å². The van der Waals surface area contributed by atoms with Gasteiger partial charge in [-0.3, -0.25) is 10.1 Å². The standard InChI is InChI=1S/C14H13ClN2O3/c1-9-2-4-11(15)7-14(9)20-8-10-3-5-13(17(18)19)12(16)6-10/h2-7H,8,16H2,1H3. The van der Waals surface area contributed by atoms with E-state index in [1.54, 1.807) is 18.2 Å². The lowest BCUT2D eigenvalue weighted by Crippen LogP contribution is -2.00. The predicted molar refractivity (Wildman–Crippen MR) is 78.0 cm³/mol. The Morgan fingerprint density at radius 3 is 2.70 bits per heavy atom. The van der Waals surface area contributed by atoms with Crippen LogP contribution >= 0.6 is 11.6 Å². The first-order valence-corrected chi connectivity index (χ1v) is 6.27. The van der Waals surface area contributed by atoms with Gasteiger partial charge in [0.25, 0.3) is 5.69 Å². The number of nitro benzene ring substituents is 1. The number of nitro groups is 1. The Hall–Kier alpha value is -2.27. The number of ether oxygens (including phenoxy) is 1. The van der Waals surface area contributed by atoms with Crippen molar-refractivity contribution in [3.63, 3.8) is 0 Å². The summed E-state index contributed by atoms with van der Waals surface area (Å²) in [7, 11) is 0. The first-order chi connectivity index (χ1) is 9.47. The molecule has 0 bridgehead atoms. The average Bonchev–Trinajstić information content (AvgIpc) is 2.39. The zero-order chi connectivity index (χ0) is 14.7. The summed E-state index contributed by atoms with van der Waals surface area (Å²) in [6.45, 7) is 2.18. The first kappa shape index (κ1) is 14.1. The highest BCUT2D eigenvalue weighted by Gasteiger charge is 2.11. The topological polar surface area (TPSA) is 78.4 Å². The second-order valence-corrected chi connectivity index (χ2v) is 4.79. The van der Waals surface area contributed by atoms with Gasteiger partial charge in [-0.2, -0.15) is 0 Å². The zero-order valence-electron chi connectivity index (χ0n) is 10.8. The Morgan fingerprint density at radius 2 is 2.05 bits per heavy atom. The Bertz CT molecular complexity index is 659. The molecule has 0 aliphatic heterocycles. The van der Waals surface area contributed by atoms with Crippen molar-refractivity contribution in [3.05, 3.63) is 62.7 Å². The quantitative estimate of drug-likeness (QED) is 0.529. The van der Waals surface area contributed by atoms with E-state index in [0.29, 0.717) is 10.8 Å². The number of nitrogen functional groups attached to an aromatic ring is 1. The van der Waals surface area contributed by atoms with Gasteiger partial charge in [0.15, 0.2) is 0 Å². The molecule has 6 heteroatoms. The van der Waals surface area contributed by atoms with E-state index >= 15 is 0 Å². The van der Waals surface area contributed by atoms with Gasteiger partial charge in [-0.15, -0.1) is 0 Å². The number of benzene rings is 2. The van der Waals surface area contributed by atoms with Crippen molar-refractivity contribution in [1.29, 1.82) is 0 Å². The Morgan fingerprint density at radius 1 is 1.30 bits per heavy atom. The van der Waals surface area contributed by atoms with Crippen LogP contribution in [0.5, 0.6) is 5.75 Å². The summed E-state index contributed by atoms with van der Waals surface area (Å²) in [5.74, 6) is 0.675. The van der Waals surface area contributed by atoms with Gasteiger partial charge < -0.3 is 10.5 Å². The molecule has 0 saturated heterocycles. The molecule has 5 nitrogen and oxygen atoms in total. The Labute approximate surface area is 121 Å². The maximum absolute atomic E-state index is 10.7. The molecule has 2 aromatic rings. The number of aryl methyl sites for hydroxylation is 1. The van der Waals surface area contributed by atoms with E-state index in [1.165, 1.54) is 12.1 Å². The molecule has 0 fully saturated rings. The maximum atomic E-state index is 10.7. The molecule has 0 radical (unpaired) electrons. The van der Waals surface area contributed by atoms with E-state index in [0.717, 1.165) is 11.1 Å². The van der Waals surface area contributed by atoms with Gasteiger partial charge >= 0.3 is 0 Å². The summed E-state index contributed by atoms with van der Waals surface area (Å²) >= 11 is 5.90. The zero-order valence-corrected chi connectivity index (χ0v) is 11.6. The van der Waals surface area contributed by atoms with Crippen LogP contribution in [0, 0.1) is 17.0 Å². The van der Waals surface area contributed by atoms with E-state index in [1.807, 2.05) is 13.0 Å². The summed E-state index contributed by atoms with van der Waals surface area (Å²) < 4.78 is 5.65. The number of anilines is 1. The van der Waals surface area contributed by atoms with Crippen molar-refractivity contribution >= 4 is 23.0 Å². The van der Waals surface area contributed by atoms with Crippen molar-refractivity contribution in [2.45, 2.75) is 13.5 Å². The van der Waals surface area contributed by atoms with Crippen LogP contribution in [-0.2, 0) is 6.61 Å². The molecule has 2 aromatic carbocycles. The third-order valence-corrected chi connectivity index (χ3v) is 3.07. The second-order valence-electron chi connectivity index (χ2n) is 4.35. The summed E-state index contributed by atoms with van der Waals surface area (Å²) in [5, 5.41) is 11.3. The highest BCUT2D eigenvalue weighted by atomic mass is 35.5. The number of nitrogens with two attached hydrogens (primary N) is 1. The normalized spacial score (nSPS) is 10.3. The van der Waals surface area contributed by atoms with Crippen molar-refractivity contribution in [2.24, 2.45) is 0 Å². The van der Waals surface area contributed by atoms with Crippen molar-refractivity contribution in [1.82, 2.24) is 0 Å². The second kappa shape index (κ2) is 5.79. The molecule has 0 saturated carbocycles. The molecule has 0 aliphatic carbocycles. The minimum Gasteiger partial charge on any atom is -0.489 e. The number of hydrogen-bond acceptors (Lipinski definition) is 4. The molecule has 20 heavy (non-hydrogen) atoms. The fraction of sp³-hybridized carbons (Fsp3) is 0.143. The van der Waals surface area contributed by atoms with Crippen molar-refractivity contribution in [2.75, 3.05) is 5.73 Å². The smallest absolute Gasteiger partial charge is 0.292 e. The lowest BCUT2D eigenvalue weighted by Gasteiger charge is -2.10. The Kier molecular flexibility index (Phi) is 4.10. The minimum atomic E-state index is -0.513. The van der Waals surface area contributed by atoms with E-state index < -0.39 is 4.92 Å². The van der Waals surface area contributed by atoms with Gasteiger partial charge in [0.05, 0.1) is 4.92 Å². The summed E-state index contributed by atoms with van der Waals surface area (Å²) in [4.78, 5) is 10.2. The average molecular weight is 293 g/mol. The molecule has 0 aliphatic rings. The monoisotopic (exact) mass is 292 g/mol. The lowest BCUT2D eigenvalue weighted by molar-refractivity contribution is -0.383. The van der Waals surface area contributed by atoms with Gasteiger partial charge in [0.1, 0.15) is 18.0 Å². The highest BCUT2D eigenvalue weighted by Crippen LogP contribution is 2.25. The van der Waals surface area contributed by atoms with E-state index in [-0.39, 0.29) is 18.0 Å². The molecule has 2 N–H and O–H groups in total. The number of hydrogen-bond donors (Lipinski definition) is 1. The third-order valence-electron chi connectivity index (χ3n) is 2.83. The Balaban J connectivity index is 2.13. The molecule has 104 valence electrons. The van der Waals surface area contributed by atoms with Crippen LogP contribution in [0.25, 0.3) is 0 Å². The maximum Gasteiger partial charge on any atom is 0.292 e. The van der Waals surface area contributed by atoms with E-state index in [4.69, 9.17) is 22.1 Å². The van der Waals surface area contributed by atoms with Crippen LogP contribution < -0.4 is 10.5 Å². The molecular formula is C14H13ClN2O3. The molecule has 0 unspecified atom stereocenters. The summed E-state index contributed by atoms with van der Waals surface area (Å²) in [5.41, 5.74) is 7.37. The lowest BCUT2D eigenvalue weighted by atomic mass is 10.2. The molecule has 0 aromatic heterocycles. The summed E-state index contributed by atoms with van der Waals surface area (Å²) in [6, 6.07) is 9.91. The molecule has 2 rings (SSSR count). The van der Waals surface area contributed by atoms with Gasteiger partial charge in [0, 0.05) is 11.1 Å². The van der Waals surface area contributed by atoms with E-state index in [9.17, 15) is 10.1 Å². The third kappa shape index (κ3) is 3.19. The minimum absolute atomic E-state index is 0.104. The summed E-state index contributed by atoms with van der Waals surface area (Å²) in [6.07, 6.45) is 0. The SMILES string of the molecule is Cc1ccc(Cl)cc1OCc1ccc([N+](=O)[O-])c(N)c1. The van der Waals surface area contributed by atoms with Gasteiger partial charge in [-0.05, 0) is 42.3 Å². The van der Waals surface area contributed by atoms with E-state index in [2.05, 4.69) is 0 Å². The fourth-order valence-electron chi connectivity index (χ4n) is 1.75. The predicted octanol–water partition coefficient (Wildman–Crippen LogP) is 3.72. The van der Waals surface area contributed by atoms with Crippen molar-refractivity contribution in [3.8, 4) is 5.75 Å². The molecular weight excluding hydrogens is 280 g/mol. The van der Waals surface area contributed by atoms with Gasteiger partial charge in [-0.25, -0.2) is 0 Å². The molecule has 0 amide bonds. The number of nitrogens with zero attached hydrogens (tertiary/aromatic N) is 1. The highest BCUT2D eigenvalue weighted by molar-refractivity contribution is 6.30. The number of halogens is 1. The largest absolute Gasteiger partial charge is 0.489 e. The van der Waals surface area contributed by atoms with Gasteiger partial charge in [0.2, 0.25) is 0 Å². The number of rotatable bonds is 4. The van der Waals surface area contributed by atoms with Crippen LogP contribution in [0.3, 0.4) is 0 Å². The molecule has 0 heterocycles. The van der Waals surface area contributed by atoms with Crippen LogP contribution in [0.2, 0.25) is 5.02 Å². The fourth-order valence-corrected chi connectivity index (χ4v) is 1.91. The van der Waals surface area contributed by atoms with Crippen LogP contribution in [0.15, 0.2) is 36.4 Å². The van der Waals surface area contributed by atoms with Crippen LogP contribution in [0.1, 0.15) is 11.1 Å². The van der Waals surface area contributed by atoms with Gasteiger partial charge in [-0.1, -0.05) is 17.7 Å². The van der Waals surface area contributed by atoms with Crippen LogP contribution in [-0.4, -0.2) is 4.92 Å². The first-order valence-electron chi connectivity index (χ1n) is 5.89. The molecule has 0 atom stereocenters. The van der Waals surface area contributed by atoms with Crippen LogP contribution in [0.4, 0.5) is 11.4 Å². The molecule has 0 spiro atoms.